The van der Waals surface area contributed by atoms with Crippen LogP contribution in [0.15, 0.2) is 24.4 Å². The first-order valence-electron chi connectivity index (χ1n) is 4.95. The van der Waals surface area contributed by atoms with Gasteiger partial charge in [-0.25, -0.2) is 0 Å². The molecule has 0 spiro atoms. The summed E-state index contributed by atoms with van der Waals surface area (Å²) in [6.07, 6.45) is 6.03. The summed E-state index contributed by atoms with van der Waals surface area (Å²) >= 11 is 0. The van der Waals surface area contributed by atoms with E-state index in [4.69, 9.17) is 0 Å². The maximum Gasteiger partial charge on any atom is 0.0487 e. The summed E-state index contributed by atoms with van der Waals surface area (Å²) in [7, 11) is 0. The molecule has 2 aromatic rings. The largest absolute Gasteiger partial charge is 0.321 e. The predicted octanol–water partition coefficient (Wildman–Crippen LogP) is 2.74. The minimum absolute atomic E-state index is 1.27. The zero-order valence-corrected chi connectivity index (χ0v) is 7.88. The number of aryl methyl sites for hydroxylation is 3. The molecule has 0 saturated heterocycles. The predicted molar refractivity (Wildman–Crippen MR) is 54.2 cm³/mol. The second kappa shape index (κ2) is 2.38. The number of hydrogen-bond acceptors (Lipinski definition) is 0. The molecule has 0 N–H and O–H groups in total. The van der Waals surface area contributed by atoms with Crippen LogP contribution in [0.4, 0.5) is 0 Å². The van der Waals surface area contributed by atoms with Crippen molar-refractivity contribution in [1.29, 1.82) is 0 Å². The van der Waals surface area contributed by atoms with E-state index < -0.39 is 0 Å². The number of pyridine rings is 1. The lowest BCUT2D eigenvalue weighted by atomic mass is 10.1. The molecule has 2 heterocycles. The molecule has 0 atom stereocenters. The molecule has 0 fully saturated rings. The highest BCUT2D eigenvalue weighted by Gasteiger charge is 2.14. The van der Waals surface area contributed by atoms with Gasteiger partial charge in [-0.15, -0.1) is 0 Å². The Bertz CT molecular complexity index is 465. The normalized spacial score (nSPS) is 15.2. The van der Waals surface area contributed by atoms with Gasteiger partial charge in [-0.3, -0.25) is 0 Å². The third-order valence-corrected chi connectivity index (χ3v) is 3.08. The van der Waals surface area contributed by atoms with Crippen LogP contribution in [0.1, 0.15) is 23.2 Å². The molecule has 0 amide bonds. The molecule has 0 aliphatic heterocycles. The van der Waals surface area contributed by atoms with Gasteiger partial charge in [0.15, 0.2) is 0 Å². The molecule has 1 heteroatoms. The van der Waals surface area contributed by atoms with Crippen molar-refractivity contribution in [3.05, 3.63) is 41.2 Å². The van der Waals surface area contributed by atoms with Crippen molar-refractivity contribution in [2.45, 2.75) is 26.2 Å². The van der Waals surface area contributed by atoms with Gasteiger partial charge in [0, 0.05) is 17.4 Å². The highest BCUT2D eigenvalue weighted by Crippen LogP contribution is 2.27. The summed E-state index contributed by atoms with van der Waals surface area (Å²) in [5, 5.41) is 0. The van der Waals surface area contributed by atoms with Crippen LogP contribution in [0.2, 0.25) is 0 Å². The minimum atomic E-state index is 1.27. The summed E-state index contributed by atoms with van der Waals surface area (Å²) in [5.41, 5.74) is 5.94. The van der Waals surface area contributed by atoms with Gasteiger partial charge in [0.05, 0.1) is 0 Å². The van der Waals surface area contributed by atoms with E-state index in [1.54, 1.807) is 11.1 Å². The van der Waals surface area contributed by atoms with Gasteiger partial charge >= 0.3 is 0 Å². The van der Waals surface area contributed by atoms with Gasteiger partial charge in [0.25, 0.3) is 0 Å². The molecule has 0 radical (unpaired) electrons. The molecule has 66 valence electrons. The lowest BCUT2D eigenvalue weighted by molar-refractivity contribution is 0.913. The second-order valence-corrected chi connectivity index (χ2v) is 3.91. The average molecular weight is 171 g/mol. The molecule has 3 rings (SSSR count). The number of rotatable bonds is 0. The monoisotopic (exact) mass is 171 g/mol. The van der Waals surface area contributed by atoms with Crippen LogP contribution in [-0.4, -0.2) is 4.40 Å². The van der Waals surface area contributed by atoms with Crippen LogP contribution in [-0.2, 0) is 12.8 Å². The molecule has 0 aromatic carbocycles. The van der Waals surface area contributed by atoms with Crippen LogP contribution < -0.4 is 0 Å². The van der Waals surface area contributed by atoms with Gasteiger partial charge < -0.3 is 4.40 Å². The number of nitrogens with zero attached hydrogens (tertiary/aromatic N) is 1. The fourth-order valence-corrected chi connectivity index (χ4v) is 2.48. The highest BCUT2D eigenvalue weighted by molar-refractivity contribution is 5.61. The fraction of sp³-hybridized carbons (Fsp3) is 0.333. The van der Waals surface area contributed by atoms with Crippen molar-refractivity contribution in [1.82, 2.24) is 4.40 Å². The van der Waals surface area contributed by atoms with Gasteiger partial charge in [-0.1, -0.05) is 0 Å². The molecule has 2 aromatic heterocycles. The summed E-state index contributed by atoms with van der Waals surface area (Å²) in [4.78, 5) is 0. The third kappa shape index (κ3) is 0.873. The van der Waals surface area contributed by atoms with E-state index in [0.29, 0.717) is 0 Å². The second-order valence-electron chi connectivity index (χ2n) is 3.91. The van der Waals surface area contributed by atoms with E-state index in [1.807, 2.05) is 0 Å². The van der Waals surface area contributed by atoms with Crippen LogP contribution in [0.3, 0.4) is 0 Å². The van der Waals surface area contributed by atoms with E-state index in [-0.39, 0.29) is 0 Å². The Hall–Kier alpha value is -1.24. The molecular weight excluding hydrogens is 158 g/mol. The average Bonchev–Trinajstić information content (AvgIpc) is 2.66. The molecule has 0 bridgehead atoms. The molecule has 1 nitrogen and oxygen atoms in total. The summed E-state index contributed by atoms with van der Waals surface area (Å²) in [6.45, 7) is 2.19. The van der Waals surface area contributed by atoms with Gasteiger partial charge in [-0.2, -0.15) is 0 Å². The lowest BCUT2D eigenvalue weighted by Crippen LogP contribution is -1.94. The van der Waals surface area contributed by atoms with Crippen molar-refractivity contribution >= 4 is 5.52 Å². The topological polar surface area (TPSA) is 4.41 Å². The molecule has 1 aliphatic rings. The summed E-state index contributed by atoms with van der Waals surface area (Å²) in [5.74, 6) is 0. The standard InChI is InChI=1S/C12H13N/c1-9-8-10-4-2-5-11(10)12-6-3-7-13(9)12/h3,6-8H,2,4-5H2,1H3. The van der Waals surface area contributed by atoms with Gasteiger partial charge in [0.2, 0.25) is 0 Å². The maximum absolute atomic E-state index is 2.34. The maximum atomic E-state index is 2.34. The smallest absolute Gasteiger partial charge is 0.0487 e. The van der Waals surface area contributed by atoms with E-state index in [1.165, 1.54) is 30.5 Å². The minimum Gasteiger partial charge on any atom is -0.321 e. The Kier molecular flexibility index (Phi) is 1.32. The van der Waals surface area contributed by atoms with Crippen LogP contribution in [0.5, 0.6) is 0 Å². The Morgan fingerprint density at radius 2 is 2.23 bits per heavy atom. The summed E-state index contributed by atoms with van der Waals surface area (Å²) in [6, 6.07) is 6.72. The fourth-order valence-electron chi connectivity index (χ4n) is 2.48. The molecule has 1 aliphatic carbocycles. The van der Waals surface area contributed by atoms with Crippen molar-refractivity contribution in [3.8, 4) is 0 Å². The first-order valence-corrected chi connectivity index (χ1v) is 4.95. The zero-order valence-electron chi connectivity index (χ0n) is 7.88. The Labute approximate surface area is 78.0 Å². The summed E-state index contributed by atoms with van der Waals surface area (Å²) < 4.78 is 2.30. The molecule has 13 heavy (non-hydrogen) atoms. The van der Waals surface area contributed by atoms with Crippen LogP contribution >= 0.6 is 0 Å². The van der Waals surface area contributed by atoms with Gasteiger partial charge in [0.1, 0.15) is 0 Å². The van der Waals surface area contributed by atoms with E-state index in [9.17, 15) is 0 Å². The van der Waals surface area contributed by atoms with Gasteiger partial charge in [-0.05, 0) is 55.5 Å². The van der Waals surface area contributed by atoms with Crippen molar-refractivity contribution < 1.29 is 0 Å². The van der Waals surface area contributed by atoms with E-state index >= 15 is 0 Å². The Morgan fingerprint density at radius 3 is 3.15 bits per heavy atom. The van der Waals surface area contributed by atoms with Crippen molar-refractivity contribution in [2.75, 3.05) is 0 Å². The van der Waals surface area contributed by atoms with Crippen molar-refractivity contribution in [2.24, 2.45) is 0 Å². The van der Waals surface area contributed by atoms with Crippen molar-refractivity contribution in [3.63, 3.8) is 0 Å². The first-order chi connectivity index (χ1) is 6.36. The third-order valence-electron chi connectivity index (χ3n) is 3.08. The Balaban J connectivity index is 2.48. The quantitative estimate of drug-likeness (QED) is 0.574. The number of fused-ring (bicyclic) bond motifs is 3. The zero-order chi connectivity index (χ0) is 8.84. The van der Waals surface area contributed by atoms with E-state index in [2.05, 4.69) is 35.7 Å². The molecular formula is C12H13N. The molecule has 0 saturated carbocycles. The number of hydrogen-bond donors (Lipinski definition) is 0. The molecule has 0 unspecified atom stereocenters. The van der Waals surface area contributed by atoms with E-state index in [0.717, 1.165) is 0 Å². The first kappa shape index (κ1) is 7.19. The number of aromatic nitrogens is 1. The Morgan fingerprint density at radius 1 is 1.31 bits per heavy atom. The van der Waals surface area contributed by atoms with Crippen LogP contribution in [0.25, 0.3) is 5.52 Å². The SMILES string of the molecule is Cc1cc2c(c3cccn13)CCC2. The lowest BCUT2D eigenvalue weighted by Gasteiger charge is -2.06. The van der Waals surface area contributed by atoms with Crippen LogP contribution in [0, 0.1) is 6.92 Å². The highest BCUT2D eigenvalue weighted by atomic mass is 14.9.